The number of fused-ring (bicyclic) bond motifs is 5. The molecule has 0 spiro atoms. The number of benzene rings is 3. The number of hydrogen-bond donors (Lipinski definition) is 1. The maximum Gasteiger partial charge on any atom is 0.282 e. The lowest BCUT2D eigenvalue weighted by atomic mass is 9.83. The fourth-order valence-electron chi connectivity index (χ4n) is 8.92. The highest BCUT2D eigenvalue weighted by atomic mass is 35.5. The number of nitrogens with zero attached hydrogens (tertiary/aromatic N) is 6. The Morgan fingerprint density at radius 1 is 0.983 bits per heavy atom. The molecule has 0 radical (unpaired) electrons. The number of halogens is 3. The Morgan fingerprint density at radius 2 is 1.74 bits per heavy atom. The Hall–Kier alpha value is -5.20. The second-order valence-corrected chi connectivity index (χ2v) is 16.2. The van der Waals surface area contributed by atoms with Crippen molar-refractivity contribution in [3.63, 3.8) is 0 Å². The van der Waals surface area contributed by atoms with Crippen molar-refractivity contribution in [2.24, 2.45) is 0 Å². The van der Waals surface area contributed by atoms with Crippen molar-refractivity contribution in [3.05, 3.63) is 122 Å². The van der Waals surface area contributed by atoms with Gasteiger partial charge in [0, 0.05) is 76.7 Å². The van der Waals surface area contributed by atoms with Gasteiger partial charge in [-0.25, -0.2) is 9.37 Å². The van der Waals surface area contributed by atoms with E-state index in [0.717, 1.165) is 105 Å². The van der Waals surface area contributed by atoms with Gasteiger partial charge in [0.2, 0.25) is 5.91 Å². The molecule has 3 aliphatic heterocycles. The van der Waals surface area contributed by atoms with Crippen LogP contribution < -0.4 is 20.7 Å². The van der Waals surface area contributed by atoms with E-state index in [1.807, 2.05) is 24.4 Å². The average Bonchev–Trinajstić information content (AvgIpc) is 3.47. The van der Waals surface area contributed by atoms with Crippen LogP contribution in [0.4, 0.5) is 20.3 Å². The van der Waals surface area contributed by atoms with Gasteiger partial charge in [0.15, 0.2) is 0 Å². The molecule has 13 heteroatoms. The van der Waals surface area contributed by atoms with Crippen LogP contribution in [0.15, 0.2) is 77.7 Å². The summed E-state index contributed by atoms with van der Waals surface area (Å²) >= 11 is 6.50. The summed E-state index contributed by atoms with van der Waals surface area (Å²) < 4.78 is 26.9. The topological polar surface area (TPSA) is 104 Å². The zero-order valence-corrected chi connectivity index (χ0v) is 34.2. The standard InChI is InChI=1S/C44H47ClFN7O3.CH3F/c1-44(2)34-13-10-30(24-38(34)53-37-8-4-7-35(45)40(37)42(56)49-43(44)53)29-15-17-52(18-16-29)39-14-9-28(26-48-39)27-50-19-21-51(22-20-50)31-11-12-32(36(46)25-31)33(6-5-23-54)41(55)47-3;1-2/h4,7-14,23-26,29,33H,5-6,15-22,27H2,1-3H3,(H,47,55);1H3. The normalized spacial score (nSPS) is 16.9. The fourth-order valence-corrected chi connectivity index (χ4v) is 9.17. The van der Waals surface area contributed by atoms with Crippen LogP contribution in [0, 0.1) is 5.82 Å². The number of nitrogens with one attached hydrogen (secondary N) is 1. The molecule has 1 N–H and O–H groups in total. The van der Waals surface area contributed by atoms with Crippen LogP contribution in [0.5, 0.6) is 0 Å². The van der Waals surface area contributed by atoms with E-state index in [4.69, 9.17) is 16.6 Å². The molecular weight excluding hydrogens is 760 g/mol. The number of aromatic nitrogens is 3. The van der Waals surface area contributed by atoms with Crippen molar-refractivity contribution in [1.82, 2.24) is 24.8 Å². The van der Waals surface area contributed by atoms with Gasteiger partial charge in [0.25, 0.3) is 5.56 Å². The molecule has 1 amide bonds. The molecule has 2 fully saturated rings. The van der Waals surface area contributed by atoms with Crippen LogP contribution in [0.25, 0.3) is 16.6 Å². The van der Waals surface area contributed by atoms with Crippen molar-refractivity contribution in [2.75, 3.05) is 63.3 Å². The van der Waals surface area contributed by atoms with Crippen LogP contribution in [-0.4, -0.2) is 85.1 Å². The van der Waals surface area contributed by atoms with Gasteiger partial charge in [-0.2, -0.15) is 4.98 Å². The summed E-state index contributed by atoms with van der Waals surface area (Å²) in [5, 5.41) is 3.47. The fraction of sp³-hybridized carbons (Fsp3) is 0.400. The van der Waals surface area contributed by atoms with Crippen LogP contribution >= 0.6 is 11.6 Å². The summed E-state index contributed by atoms with van der Waals surface area (Å²) in [7, 11) is 2.02. The third-order valence-corrected chi connectivity index (χ3v) is 12.4. The van der Waals surface area contributed by atoms with Gasteiger partial charge in [0.1, 0.15) is 23.7 Å². The van der Waals surface area contributed by atoms with Gasteiger partial charge in [-0.05, 0) is 92.1 Å². The smallest absolute Gasteiger partial charge is 0.282 e. The van der Waals surface area contributed by atoms with E-state index < -0.39 is 17.2 Å². The molecule has 5 aromatic rings. The van der Waals surface area contributed by atoms with Gasteiger partial charge < -0.3 is 19.9 Å². The minimum absolute atomic E-state index is 0.199. The number of carbonyl (C=O) groups is 2. The average molecular weight is 810 g/mol. The lowest BCUT2D eigenvalue weighted by Crippen LogP contribution is -2.46. The zero-order chi connectivity index (χ0) is 41.1. The molecule has 2 aromatic heterocycles. The van der Waals surface area contributed by atoms with E-state index in [0.29, 0.717) is 29.1 Å². The number of rotatable bonds is 10. The van der Waals surface area contributed by atoms with Crippen molar-refractivity contribution in [1.29, 1.82) is 0 Å². The van der Waals surface area contributed by atoms with Gasteiger partial charge in [-0.15, -0.1) is 0 Å². The number of piperidine rings is 1. The minimum Gasteiger partial charge on any atom is -0.369 e. The Morgan fingerprint density at radius 3 is 2.41 bits per heavy atom. The Balaban J connectivity index is 0.00000252. The summed E-state index contributed by atoms with van der Waals surface area (Å²) in [4.78, 5) is 52.7. The molecule has 0 aliphatic carbocycles. The summed E-state index contributed by atoms with van der Waals surface area (Å²) in [5.74, 6) is 0.749. The maximum absolute atomic E-state index is 15.3. The third-order valence-electron chi connectivity index (χ3n) is 12.1. The predicted octanol–water partition coefficient (Wildman–Crippen LogP) is 7.31. The number of pyridine rings is 1. The molecule has 304 valence electrons. The number of hydrogen-bond acceptors (Lipinski definition) is 8. The molecule has 3 aliphatic rings. The van der Waals surface area contributed by atoms with E-state index in [1.54, 1.807) is 12.1 Å². The molecule has 1 unspecified atom stereocenters. The van der Waals surface area contributed by atoms with Crippen LogP contribution in [0.2, 0.25) is 5.02 Å². The van der Waals surface area contributed by atoms with E-state index in [2.05, 4.69) is 73.7 Å². The zero-order valence-electron chi connectivity index (χ0n) is 33.5. The summed E-state index contributed by atoms with van der Waals surface area (Å²) in [5.41, 5.74) is 5.92. The van der Waals surface area contributed by atoms with Crippen molar-refractivity contribution < 1.29 is 18.4 Å². The van der Waals surface area contributed by atoms with Crippen molar-refractivity contribution >= 4 is 46.2 Å². The SMILES string of the molecule is CF.CNC(=O)C(CCC=O)c1ccc(N2CCN(Cc3ccc(N4CCC(c5ccc6c(c5)-n5c(nc(=O)c7c(Cl)cccc75)C6(C)C)CC4)nc3)CC2)cc1F. The van der Waals surface area contributed by atoms with Gasteiger partial charge in [-0.1, -0.05) is 41.9 Å². The van der Waals surface area contributed by atoms with Crippen molar-refractivity contribution in [3.8, 4) is 5.69 Å². The first-order valence-electron chi connectivity index (χ1n) is 19.9. The van der Waals surface area contributed by atoms with E-state index >= 15 is 4.39 Å². The van der Waals surface area contributed by atoms with Gasteiger partial charge >= 0.3 is 0 Å². The number of carbonyl (C=O) groups excluding carboxylic acids is 2. The molecule has 0 bridgehead atoms. The number of likely N-dealkylation sites (N-methyl/N-ethyl adjacent to an activating group) is 1. The Labute approximate surface area is 342 Å². The van der Waals surface area contributed by atoms with Gasteiger partial charge in [0.05, 0.1) is 40.1 Å². The molecule has 5 heterocycles. The summed E-state index contributed by atoms with van der Waals surface area (Å²) in [6, 6.07) is 21.8. The number of aldehydes is 1. The van der Waals surface area contributed by atoms with Crippen LogP contribution in [-0.2, 0) is 21.5 Å². The van der Waals surface area contributed by atoms with Crippen LogP contribution in [0.3, 0.4) is 0 Å². The summed E-state index contributed by atoms with van der Waals surface area (Å²) in [6.07, 6.45) is 5.25. The lowest BCUT2D eigenvalue weighted by Gasteiger charge is -2.36. The number of alkyl halides is 1. The first-order chi connectivity index (χ1) is 28.1. The number of anilines is 2. The molecule has 10 nitrogen and oxygen atoms in total. The Kier molecular flexibility index (Phi) is 12.3. The summed E-state index contributed by atoms with van der Waals surface area (Å²) in [6.45, 7) is 10.1. The molecule has 0 saturated carbocycles. The van der Waals surface area contributed by atoms with E-state index in [9.17, 15) is 18.8 Å². The highest BCUT2D eigenvalue weighted by molar-refractivity contribution is 6.35. The molecule has 58 heavy (non-hydrogen) atoms. The Bertz CT molecular complexity index is 2350. The highest BCUT2D eigenvalue weighted by Gasteiger charge is 2.39. The van der Waals surface area contributed by atoms with E-state index in [1.165, 1.54) is 18.7 Å². The second kappa shape index (κ2) is 17.3. The molecular formula is C45H50ClF2N7O3. The van der Waals surface area contributed by atoms with Gasteiger partial charge in [-0.3, -0.25) is 23.4 Å². The molecule has 2 saturated heterocycles. The predicted molar refractivity (Wildman–Crippen MR) is 226 cm³/mol. The molecule has 8 rings (SSSR count). The van der Waals surface area contributed by atoms with Crippen molar-refractivity contribution in [2.45, 2.75) is 63.3 Å². The monoisotopic (exact) mass is 809 g/mol. The second-order valence-electron chi connectivity index (χ2n) is 15.8. The minimum atomic E-state index is -0.693. The quantitative estimate of drug-likeness (QED) is 0.147. The highest BCUT2D eigenvalue weighted by Crippen LogP contribution is 2.45. The maximum atomic E-state index is 15.3. The number of amides is 1. The first-order valence-corrected chi connectivity index (χ1v) is 20.3. The lowest BCUT2D eigenvalue weighted by molar-refractivity contribution is -0.122. The van der Waals surface area contributed by atoms with E-state index in [-0.39, 0.29) is 24.3 Å². The number of piperazine rings is 1. The largest absolute Gasteiger partial charge is 0.369 e. The molecule has 3 aromatic carbocycles. The van der Waals surface area contributed by atoms with Crippen LogP contribution in [0.1, 0.15) is 79.4 Å². The third kappa shape index (κ3) is 7.84. The first kappa shape index (κ1) is 41.0. The molecule has 1 atom stereocenters.